The minimum absolute atomic E-state index is 0.832. The molecule has 0 amide bonds. The number of aromatic nitrogens is 2. The van der Waals surface area contributed by atoms with Crippen molar-refractivity contribution in [2.45, 2.75) is 32.2 Å². The molecular formula is C14H21N3. The first-order valence-corrected chi connectivity index (χ1v) is 6.72. The molecule has 3 rings (SSSR count). The van der Waals surface area contributed by atoms with Crippen molar-refractivity contribution in [3.8, 4) is 0 Å². The van der Waals surface area contributed by atoms with Crippen LogP contribution in [-0.4, -0.2) is 16.1 Å². The van der Waals surface area contributed by atoms with Gasteiger partial charge in [-0.1, -0.05) is 12.5 Å². The number of nitrogens with zero attached hydrogens (tertiary/aromatic N) is 2. The van der Waals surface area contributed by atoms with Crippen molar-refractivity contribution in [3.63, 3.8) is 0 Å². The third kappa shape index (κ3) is 2.11. The molecule has 3 nitrogen and oxygen atoms in total. The van der Waals surface area contributed by atoms with E-state index in [9.17, 15) is 0 Å². The summed E-state index contributed by atoms with van der Waals surface area (Å²) >= 11 is 0. The first-order valence-electron chi connectivity index (χ1n) is 6.72. The van der Waals surface area contributed by atoms with E-state index in [1.165, 1.54) is 25.7 Å². The smallest absolute Gasteiger partial charge is 0.203 e. The van der Waals surface area contributed by atoms with E-state index >= 15 is 0 Å². The number of anilines is 1. The largest absolute Gasteiger partial charge is 0.355 e. The summed E-state index contributed by atoms with van der Waals surface area (Å²) in [5, 5.41) is 3.51. The molecule has 2 fully saturated rings. The van der Waals surface area contributed by atoms with E-state index in [0.29, 0.717) is 0 Å². The molecule has 2 saturated carbocycles. The quantitative estimate of drug-likeness (QED) is 0.790. The first kappa shape index (κ1) is 10.9. The van der Waals surface area contributed by atoms with E-state index in [4.69, 9.17) is 0 Å². The van der Waals surface area contributed by atoms with Crippen molar-refractivity contribution >= 4 is 5.95 Å². The molecule has 1 heterocycles. The lowest BCUT2D eigenvalue weighted by molar-refractivity contribution is 0.347. The third-order valence-electron chi connectivity index (χ3n) is 4.45. The fraction of sp³-hybridized carbons (Fsp3) is 0.643. The predicted octanol–water partition coefficient (Wildman–Crippen LogP) is 2.92. The normalized spacial score (nSPS) is 30.7. The van der Waals surface area contributed by atoms with E-state index in [0.717, 1.165) is 36.8 Å². The number of hydrogen-bond acceptors (Lipinski definition) is 2. The van der Waals surface area contributed by atoms with Crippen LogP contribution in [0, 0.1) is 17.8 Å². The molecule has 0 radical (unpaired) electrons. The van der Waals surface area contributed by atoms with Crippen molar-refractivity contribution in [1.29, 1.82) is 0 Å². The molecule has 0 aromatic carbocycles. The van der Waals surface area contributed by atoms with E-state index in [1.807, 2.05) is 18.5 Å². The molecule has 0 saturated heterocycles. The Morgan fingerprint density at radius 3 is 3.12 bits per heavy atom. The van der Waals surface area contributed by atoms with Gasteiger partial charge in [0.1, 0.15) is 0 Å². The van der Waals surface area contributed by atoms with Gasteiger partial charge in [0.2, 0.25) is 5.95 Å². The highest BCUT2D eigenvalue weighted by Crippen LogP contribution is 2.48. The topological polar surface area (TPSA) is 29.9 Å². The molecule has 2 aliphatic rings. The van der Waals surface area contributed by atoms with Crippen molar-refractivity contribution in [1.82, 2.24) is 9.55 Å². The molecule has 1 N–H and O–H groups in total. The van der Waals surface area contributed by atoms with Crippen LogP contribution in [0.1, 0.15) is 25.7 Å². The summed E-state index contributed by atoms with van der Waals surface area (Å²) in [6.45, 7) is 5.69. The van der Waals surface area contributed by atoms with Crippen LogP contribution in [0.5, 0.6) is 0 Å². The Bertz CT molecular complexity index is 396. The van der Waals surface area contributed by atoms with Crippen LogP contribution in [0.4, 0.5) is 5.95 Å². The number of fused-ring (bicyclic) bond motifs is 2. The van der Waals surface area contributed by atoms with Crippen molar-refractivity contribution < 1.29 is 0 Å². The van der Waals surface area contributed by atoms with Gasteiger partial charge < -0.3 is 9.88 Å². The van der Waals surface area contributed by atoms with Crippen molar-refractivity contribution in [3.05, 3.63) is 25.0 Å². The lowest BCUT2D eigenvalue weighted by atomic mass is 9.89. The van der Waals surface area contributed by atoms with E-state index < -0.39 is 0 Å². The molecule has 2 aliphatic carbocycles. The summed E-state index contributed by atoms with van der Waals surface area (Å²) in [6.07, 6.45) is 11.6. The van der Waals surface area contributed by atoms with Crippen molar-refractivity contribution in [2.24, 2.45) is 17.8 Å². The third-order valence-corrected chi connectivity index (χ3v) is 4.45. The minimum atomic E-state index is 0.832. The maximum Gasteiger partial charge on any atom is 0.203 e. The summed E-state index contributed by atoms with van der Waals surface area (Å²) in [5.41, 5.74) is 0. The Labute approximate surface area is 103 Å². The second kappa shape index (κ2) is 4.55. The fourth-order valence-corrected chi connectivity index (χ4v) is 3.61. The standard InChI is InChI=1S/C14H21N3/c1-2-6-17-7-5-15-14(17)16-10-13-9-11-3-4-12(13)8-11/h2,5,7,11-13H,1,3-4,6,8-10H2,(H,15,16). The zero-order chi connectivity index (χ0) is 11.7. The molecule has 92 valence electrons. The Hall–Kier alpha value is -1.25. The van der Waals surface area contributed by atoms with Crippen LogP contribution in [0.15, 0.2) is 25.0 Å². The number of rotatable bonds is 5. The number of hydrogen-bond donors (Lipinski definition) is 1. The van der Waals surface area contributed by atoms with E-state index in [1.54, 1.807) is 0 Å². The summed E-state index contributed by atoms with van der Waals surface area (Å²) in [4.78, 5) is 4.36. The Morgan fingerprint density at radius 2 is 2.41 bits per heavy atom. The molecule has 3 heteroatoms. The van der Waals surface area contributed by atoms with Gasteiger partial charge in [-0.25, -0.2) is 4.98 Å². The zero-order valence-electron chi connectivity index (χ0n) is 10.3. The average Bonchev–Trinajstić information content (AvgIpc) is 3.02. The minimum Gasteiger partial charge on any atom is -0.355 e. The van der Waals surface area contributed by atoms with Gasteiger partial charge in [0.05, 0.1) is 0 Å². The summed E-state index contributed by atoms with van der Waals surface area (Å²) in [6, 6.07) is 0. The molecular weight excluding hydrogens is 210 g/mol. The maximum absolute atomic E-state index is 4.36. The van der Waals surface area contributed by atoms with E-state index in [-0.39, 0.29) is 0 Å². The number of imidazole rings is 1. The first-order chi connectivity index (χ1) is 8.36. The van der Waals surface area contributed by atoms with Crippen LogP contribution >= 0.6 is 0 Å². The summed E-state index contributed by atoms with van der Waals surface area (Å²) in [5.74, 6) is 3.88. The van der Waals surface area contributed by atoms with E-state index in [2.05, 4.69) is 21.4 Å². The molecule has 0 spiro atoms. The molecule has 3 atom stereocenters. The highest BCUT2D eigenvalue weighted by atomic mass is 15.2. The second-order valence-electron chi connectivity index (χ2n) is 5.51. The summed E-state index contributed by atoms with van der Waals surface area (Å²) < 4.78 is 2.11. The Morgan fingerprint density at radius 1 is 1.47 bits per heavy atom. The average molecular weight is 231 g/mol. The van der Waals surface area contributed by atoms with Crippen LogP contribution in [0.2, 0.25) is 0 Å². The lowest BCUT2D eigenvalue weighted by Crippen LogP contribution is -2.21. The highest BCUT2D eigenvalue weighted by molar-refractivity contribution is 5.26. The summed E-state index contributed by atoms with van der Waals surface area (Å²) in [7, 11) is 0. The van der Waals surface area contributed by atoms with Crippen LogP contribution in [0.25, 0.3) is 0 Å². The zero-order valence-corrected chi connectivity index (χ0v) is 10.3. The molecule has 1 aromatic heterocycles. The molecule has 3 unspecified atom stereocenters. The van der Waals surface area contributed by atoms with Crippen molar-refractivity contribution in [2.75, 3.05) is 11.9 Å². The van der Waals surface area contributed by atoms with Gasteiger partial charge in [0.25, 0.3) is 0 Å². The Balaban J connectivity index is 1.56. The monoisotopic (exact) mass is 231 g/mol. The van der Waals surface area contributed by atoms with Gasteiger partial charge in [-0.2, -0.15) is 0 Å². The van der Waals surface area contributed by atoms with Crippen LogP contribution in [0.3, 0.4) is 0 Å². The number of allylic oxidation sites excluding steroid dienone is 1. The predicted molar refractivity (Wildman–Crippen MR) is 69.9 cm³/mol. The van der Waals surface area contributed by atoms with Crippen LogP contribution in [-0.2, 0) is 6.54 Å². The van der Waals surface area contributed by atoms with Gasteiger partial charge in [-0.05, 0) is 37.0 Å². The fourth-order valence-electron chi connectivity index (χ4n) is 3.61. The maximum atomic E-state index is 4.36. The molecule has 0 aliphatic heterocycles. The molecule has 1 aromatic rings. The molecule has 2 bridgehead atoms. The second-order valence-corrected chi connectivity index (χ2v) is 5.51. The van der Waals surface area contributed by atoms with Gasteiger partial charge in [0.15, 0.2) is 0 Å². The number of nitrogens with one attached hydrogen (secondary N) is 1. The highest BCUT2D eigenvalue weighted by Gasteiger charge is 2.39. The van der Waals surface area contributed by atoms with Gasteiger partial charge in [0, 0.05) is 25.5 Å². The SMILES string of the molecule is C=CCn1ccnc1NCC1CC2CCC1C2. The van der Waals surface area contributed by atoms with Crippen LogP contribution < -0.4 is 5.32 Å². The lowest BCUT2D eigenvalue weighted by Gasteiger charge is -2.22. The van der Waals surface area contributed by atoms with Gasteiger partial charge in [-0.15, -0.1) is 6.58 Å². The molecule has 17 heavy (non-hydrogen) atoms. The van der Waals surface area contributed by atoms with Gasteiger partial charge >= 0.3 is 0 Å². The van der Waals surface area contributed by atoms with Gasteiger partial charge in [-0.3, -0.25) is 0 Å². The Kier molecular flexibility index (Phi) is 2.91.